The van der Waals surface area contributed by atoms with Crippen molar-refractivity contribution in [2.24, 2.45) is 11.7 Å². The van der Waals surface area contributed by atoms with Gasteiger partial charge >= 0.3 is 0 Å². The molecule has 0 saturated heterocycles. The number of methoxy groups -OCH3 is 1. The quantitative estimate of drug-likeness (QED) is 0.673. The molecule has 2 N–H and O–H groups in total. The molecule has 0 aromatic carbocycles. The van der Waals surface area contributed by atoms with E-state index in [9.17, 15) is 0 Å². The van der Waals surface area contributed by atoms with Gasteiger partial charge in [-0.25, -0.2) is 0 Å². The molecule has 1 unspecified atom stereocenters. The summed E-state index contributed by atoms with van der Waals surface area (Å²) in [7, 11) is 1.76. The standard InChI is InChI=1S/C12H24N2O/c1-11(9-13)3-6-14-7-4-12(5-8-14)10-15-2/h4,11H,3,5-10,13H2,1-2H3. The van der Waals surface area contributed by atoms with Gasteiger partial charge < -0.3 is 10.5 Å². The highest BCUT2D eigenvalue weighted by molar-refractivity contribution is 5.07. The second-order valence-corrected chi connectivity index (χ2v) is 4.48. The van der Waals surface area contributed by atoms with Gasteiger partial charge in [-0.2, -0.15) is 0 Å². The van der Waals surface area contributed by atoms with E-state index in [-0.39, 0.29) is 0 Å². The van der Waals surface area contributed by atoms with Crippen LogP contribution < -0.4 is 5.73 Å². The topological polar surface area (TPSA) is 38.5 Å². The third-order valence-electron chi connectivity index (χ3n) is 3.06. The smallest absolute Gasteiger partial charge is 0.0673 e. The van der Waals surface area contributed by atoms with Gasteiger partial charge in [0, 0.05) is 20.2 Å². The molecule has 1 aliphatic heterocycles. The van der Waals surface area contributed by atoms with E-state index in [1.807, 2.05) is 0 Å². The fourth-order valence-corrected chi connectivity index (χ4v) is 1.79. The molecular weight excluding hydrogens is 188 g/mol. The summed E-state index contributed by atoms with van der Waals surface area (Å²) in [5, 5.41) is 0. The molecule has 0 bridgehead atoms. The minimum atomic E-state index is 0.648. The number of hydrogen-bond donors (Lipinski definition) is 1. The Morgan fingerprint density at radius 2 is 2.40 bits per heavy atom. The number of rotatable bonds is 6. The first-order valence-corrected chi connectivity index (χ1v) is 5.85. The lowest BCUT2D eigenvalue weighted by Crippen LogP contribution is -2.31. The average molecular weight is 212 g/mol. The summed E-state index contributed by atoms with van der Waals surface area (Å²) in [6.07, 6.45) is 4.68. The van der Waals surface area contributed by atoms with Crippen molar-refractivity contribution in [1.29, 1.82) is 0 Å². The molecule has 0 amide bonds. The number of nitrogens with zero attached hydrogens (tertiary/aromatic N) is 1. The van der Waals surface area contributed by atoms with E-state index in [1.54, 1.807) is 7.11 Å². The van der Waals surface area contributed by atoms with Crippen molar-refractivity contribution in [1.82, 2.24) is 4.90 Å². The Labute approximate surface area is 93.3 Å². The van der Waals surface area contributed by atoms with Gasteiger partial charge in [0.05, 0.1) is 6.61 Å². The summed E-state index contributed by atoms with van der Waals surface area (Å²) in [6, 6.07) is 0. The maximum Gasteiger partial charge on any atom is 0.0673 e. The van der Waals surface area contributed by atoms with E-state index in [0.717, 1.165) is 26.1 Å². The predicted octanol–water partition coefficient (Wildman–Crippen LogP) is 1.25. The average Bonchev–Trinajstić information content (AvgIpc) is 2.28. The first-order chi connectivity index (χ1) is 7.26. The van der Waals surface area contributed by atoms with Crippen LogP contribution in [0, 0.1) is 5.92 Å². The first-order valence-electron chi connectivity index (χ1n) is 5.85. The molecule has 0 aromatic rings. The summed E-state index contributed by atoms with van der Waals surface area (Å²) in [4.78, 5) is 2.49. The fraction of sp³-hybridized carbons (Fsp3) is 0.833. The SMILES string of the molecule is COCC1=CCN(CCC(C)CN)CC1. The molecule has 0 saturated carbocycles. The summed E-state index contributed by atoms with van der Waals surface area (Å²) in [6.45, 7) is 7.25. The zero-order valence-electron chi connectivity index (χ0n) is 10.0. The Hall–Kier alpha value is -0.380. The van der Waals surface area contributed by atoms with E-state index >= 15 is 0 Å². The summed E-state index contributed by atoms with van der Waals surface area (Å²) in [5.41, 5.74) is 7.05. The molecule has 0 radical (unpaired) electrons. The molecule has 1 rings (SSSR count). The van der Waals surface area contributed by atoms with Crippen LogP contribution in [0.2, 0.25) is 0 Å². The van der Waals surface area contributed by atoms with Crippen LogP contribution in [0.3, 0.4) is 0 Å². The highest BCUT2D eigenvalue weighted by Crippen LogP contribution is 2.12. The maximum atomic E-state index is 5.60. The normalized spacial score (nSPS) is 20.1. The molecule has 0 spiro atoms. The van der Waals surface area contributed by atoms with Crippen LogP contribution in [-0.4, -0.2) is 44.8 Å². The third kappa shape index (κ3) is 4.78. The molecule has 3 heteroatoms. The monoisotopic (exact) mass is 212 g/mol. The molecule has 1 atom stereocenters. The Morgan fingerprint density at radius 1 is 1.60 bits per heavy atom. The van der Waals surface area contributed by atoms with Crippen molar-refractivity contribution >= 4 is 0 Å². The fourth-order valence-electron chi connectivity index (χ4n) is 1.79. The van der Waals surface area contributed by atoms with E-state index in [1.165, 1.54) is 25.1 Å². The molecule has 15 heavy (non-hydrogen) atoms. The Kier molecular flexibility index (Phi) is 5.91. The van der Waals surface area contributed by atoms with E-state index in [2.05, 4.69) is 17.9 Å². The van der Waals surface area contributed by atoms with Crippen molar-refractivity contribution in [2.45, 2.75) is 19.8 Å². The van der Waals surface area contributed by atoms with Crippen molar-refractivity contribution in [3.05, 3.63) is 11.6 Å². The highest BCUT2D eigenvalue weighted by atomic mass is 16.5. The Balaban J connectivity index is 2.19. The molecule has 0 aromatic heterocycles. The van der Waals surface area contributed by atoms with E-state index in [0.29, 0.717) is 5.92 Å². The summed E-state index contributed by atoms with van der Waals surface area (Å²) < 4.78 is 5.13. The number of ether oxygens (including phenoxy) is 1. The highest BCUT2D eigenvalue weighted by Gasteiger charge is 2.11. The van der Waals surface area contributed by atoms with Crippen LogP contribution in [0.5, 0.6) is 0 Å². The zero-order chi connectivity index (χ0) is 11.1. The van der Waals surface area contributed by atoms with Crippen molar-refractivity contribution < 1.29 is 4.74 Å². The first kappa shape index (κ1) is 12.7. The van der Waals surface area contributed by atoms with Crippen LogP contribution >= 0.6 is 0 Å². The third-order valence-corrected chi connectivity index (χ3v) is 3.06. The van der Waals surface area contributed by atoms with Gasteiger partial charge in [0.1, 0.15) is 0 Å². The predicted molar refractivity (Wildman–Crippen MR) is 63.9 cm³/mol. The van der Waals surface area contributed by atoms with Crippen molar-refractivity contribution in [3.63, 3.8) is 0 Å². The largest absolute Gasteiger partial charge is 0.380 e. The Bertz CT molecular complexity index is 204. The van der Waals surface area contributed by atoms with Crippen molar-refractivity contribution in [2.75, 3.05) is 39.9 Å². The molecular formula is C12H24N2O. The van der Waals surface area contributed by atoms with Crippen LogP contribution in [0.15, 0.2) is 11.6 Å². The lowest BCUT2D eigenvalue weighted by Gasteiger charge is -2.27. The molecule has 1 heterocycles. The zero-order valence-corrected chi connectivity index (χ0v) is 10.0. The van der Waals surface area contributed by atoms with Gasteiger partial charge in [-0.15, -0.1) is 0 Å². The van der Waals surface area contributed by atoms with E-state index in [4.69, 9.17) is 10.5 Å². The molecule has 1 aliphatic rings. The second-order valence-electron chi connectivity index (χ2n) is 4.48. The second kappa shape index (κ2) is 6.99. The van der Waals surface area contributed by atoms with Crippen LogP contribution in [0.25, 0.3) is 0 Å². The molecule has 0 aliphatic carbocycles. The van der Waals surface area contributed by atoms with Crippen LogP contribution in [0.1, 0.15) is 19.8 Å². The minimum Gasteiger partial charge on any atom is -0.380 e. The van der Waals surface area contributed by atoms with E-state index < -0.39 is 0 Å². The molecule has 3 nitrogen and oxygen atoms in total. The molecule has 0 fully saturated rings. The Morgan fingerprint density at radius 3 is 2.93 bits per heavy atom. The van der Waals surface area contributed by atoms with Gasteiger partial charge in [-0.05, 0) is 37.4 Å². The van der Waals surface area contributed by atoms with Gasteiger partial charge in [0.2, 0.25) is 0 Å². The molecule has 88 valence electrons. The van der Waals surface area contributed by atoms with Gasteiger partial charge in [-0.1, -0.05) is 13.0 Å². The summed E-state index contributed by atoms with van der Waals surface area (Å²) in [5.74, 6) is 0.648. The minimum absolute atomic E-state index is 0.648. The lowest BCUT2D eigenvalue weighted by atomic mass is 10.1. The van der Waals surface area contributed by atoms with Gasteiger partial charge in [0.25, 0.3) is 0 Å². The summed E-state index contributed by atoms with van der Waals surface area (Å²) >= 11 is 0. The van der Waals surface area contributed by atoms with Crippen LogP contribution in [-0.2, 0) is 4.74 Å². The van der Waals surface area contributed by atoms with Gasteiger partial charge in [-0.3, -0.25) is 4.90 Å². The number of hydrogen-bond acceptors (Lipinski definition) is 3. The maximum absolute atomic E-state index is 5.60. The lowest BCUT2D eigenvalue weighted by molar-refractivity contribution is 0.209. The van der Waals surface area contributed by atoms with Crippen LogP contribution in [0.4, 0.5) is 0 Å². The number of nitrogens with two attached hydrogens (primary N) is 1. The van der Waals surface area contributed by atoms with Gasteiger partial charge in [0.15, 0.2) is 0 Å². The van der Waals surface area contributed by atoms with Crippen molar-refractivity contribution in [3.8, 4) is 0 Å².